The lowest BCUT2D eigenvalue weighted by atomic mass is 10.2. The van der Waals surface area contributed by atoms with Gasteiger partial charge < -0.3 is 10.4 Å². The van der Waals surface area contributed by atoms with E-state index in [1.807, 2.05) is 6.92 Å². The predicted octanol–water partition coefficient (Wildman–Crippen LogP) is 2.50. The summed E-state index contributed by atoms with van der Waals surface area (Å²) in [5.74, 6) is 0.128. The first-order valence-electron chi connectivity index (χ1n) is 6.65. The normalized spacial score (nSPS) is 11.3. The maximum Gasteiger partial charge on any atom is 0.180 e. The maximum atomic E-state index is 12.0. The molecule has 0 aliphatic rings. The van der Waals surface area contributed by atoms with E-state index in [0.717, 1.165) is 5.69 Å². The highest BCUT2D eigenvalue weighted by Gasteiger charge is 2.16. The van der Waals surface area contributed by atoms with E-state index in [0.29, 0.717) is 11.4 Å². The van der Waals surface area contributed by atoms with E-state index in [-0.39, 0.29) is 22.9 Å². The van der Waals surface area contributed by atoms with Crippen LogP contribution in [0.4, 0.5) is 5.69 Å². The standard InChI is InChI=1S/C15H18N2O3S/c1-3-21(19,20)15-7-5-4-6-12(15)16-10-13-14(18)9-8-11(2)17-13/h4-9,16,18H,3,10H2,1-2H3. The Morgan fingerprint density at radius 1 is 1.19 bits per heavy atom. The number of anilines is 1. The molecule has 2 aromatic rings. The van der Waals surface area contributed by atoms with Crippen molar-refractivity contribution in [3.05, 3.63) is 47.8 Å². The minimum atomic E-state index is -3.30. The highest BCUT2D eigenvalue weighted by atomic mass is 32.2. The SMILES string of the molecule is CCS(=O)(=O)c1ccccc1NCc1nc(C)ccc1O. The van der Waals surface area contributed by atoms with Gasteiger partial charge in [0.05, 0.1) is 22.9 Å². The summed E-state index contributed by atoms with van der Waals surface area (Å²) in [6, 6.07) is 10.0. The van der Waals surface area contributed by atoms with Gasteiger partial charge in [-0.25, -0.2) is 8.42 Å². The van der Waals surface area contributed by atoms with Crippen molar-refractivity contribution >= 4 is 15.5 Å². The van der Waals surface area contributed by atoms with Gasteiger partial charge in [-0.15, -0.1) is 0 Å². The monoisotopic (exact) mass is 306 g/mol. The van der Waals surface area contributed by atoms with Crippen LogP contribution in [-0.2, 0) is 16.4 Å². The molecule has 2 rings (SSSR count). The molecule has 6 heteroatoms. The molecular formula is C15H18N2O3S. The lowest BCUT2D eigenvalue weighted by molar-refractivity contribution is 0.464. The lowest BCUT2D eigenvalue weighted by Gasteiger charge is -2.12. The van der Waals surface area contributed by atoms with E-state index < -0.39 is 9.84 Å². The first-order chi connectivity index (χ1) is 9.94. The summed E-state index contributed by atoms with van der Waals surface area (Å²) in [5.41, 5.74) is 1.79. The van der Waals surface area contributed by atoms with Gasteiger partial charge in [-0.05, 0) is 31.2 Å². The minimum absolute atomic E-state index is 0.0413. The molecule has 5 nitrogen and oxygen atoms in total. The smallest absolute Gasteiger partial charge is 0.180 e. The van der Waals surface area contributed by atoms with Crippen molar-refractivity contribution in [2.45, 2.75) is 25.3 Å². The molecule has 112 valence electrons. The maximum absolute atomic E-state index is 12.0. The average Bonchev–Trinajstić information content (AvgIpc) is 2.48. The quantitative estimate of drug-likeness (QED) is 0.887. The Morgan fingerprint density at radius 2 is 1.90 bits per heavy atom. The van der Waals surface area contributed by atoms with Crippen LogP contribution in [0.25, 0.3) is 0 Å². The van der Waals surface area contributed by atoms with Gasteiger partial charge >= 0.3 is 0 Å². The van der Waals surface area contributed by atoms with Gasteiger partial charge in [0.25, 0.3) is 0 Å². The predicted molar refractivity (Wildman–Crippen MR) is 82.1 cm³/mol. The van der Waals surface area contributed by atoms with Crippen molar-refractivity contribution in [1.29, 1.82) is 0 Å². The number of aryl methyl sites for hydroxylation is 1. The first-order valence-corrected chi connectivity index (χ1v) is 8.30. The van der Waals surface area contributed by atoms with Gasteiger partial charge in [-0.2, -0.15) is 0 Å². The van der Waals surface area contributed by atoms with Crippen molar-refractivity contribution in [1.82, 2.24) is 4.98 Å². The minimum Gasteiger partial charge on any atom is -0.506 e. The van der Waals surface area contributed by atoms with Crippen LogP contribution in [0.1, 0.15) is 18.3 Å². The summed E-state index contributed by atoms with van der Waals surface area (Å²) in [6.07, 6.45) is 0. The highest BCUT2D eigenvalue weighted by molar-refractivity contribution is 7.91. The molecule has 1 aromatic heterocycles. The third-order valence-corrected chi connectivity index (χ3v) is 4.92. The van der Waals surface area contributed by atoms with E-state index in [1.165, 1.54) is 0 Å². The molecule has 0 saturated heterocycles. The van der Waals surface area contributed by atoms with Crippen LogP contribution in [0, 0.1) is 6.92 Å². The topological polar surface area (TPSA) is 79.3 Å². The van der Waals surface area contributed by atoms with Gasteiger partial charge in [0.1, 0.15) is 11.4 Å². The molecule has 1 aromatic carbocycles. The van der Waals surface area contributed by atoms with Crippen LogP contribution in [0.3, 0.4) is 0 Å². The average molecular weight is 306 g/mol. The summed E-state index contributed by atoms with van der Waals surface area (Å²) in [7, 11) is -3.30. The van der Waals surface area contributed by atoms with Crippen LogP contribution >= 0.6 is 0 Å². The summed E-state index contributed by atoms with van der Waals surface area (Å²) in [4.78, 5) is 4.50. The number of aromatic hydroxyl groups is 1. The van der Waals surface area contributed by atoms with Crippen LogP contribution in [-0.4, -0.2) is 24.3 Å². The molecule has 1 heterocycles. The number of hydrogen-bond acceptors (Lipinski definition) is 5. The van der Waals surface area contributed by atoms with E-state index in [4.69, 9.17) is 0 Å². The fourth-order valence-electron chi connectivity index (χ4n) is 1.95. The number of hydrogen-bond donors (Lipinski definition) is 2. The molecule has 0 saturated carbocycles. The summed E-state index contributed by atoms with van der Waals surface area (Å²) < 4.78 is 24.1. The molecule has 2 N–H and O–H groups in total. The molecule has 21 heavy (non-hydrogen) atoms. The van der Waals surface area contributed by atoms with Crippen molar-refractivity contribution in [3.63, 3.8) is 0 Å². The lowest BCUT2D eigenvalue weighted by Crippen LogP contribution is -2.10. The second-order valence-electron chi connectivity index (χ2n) is 4.67. The second-order valence-corrected chi connectivity index (χ2v) is 6.92. The van der Waals surface area contributed by atoms with Crippen molar-refractivity contribution in [2.24, 2.45) is 0 Å². The Bertz CT molecular complexity index is 742. The molecule has 0 aliphatic carbocycles. The number of pyridine rings is 1. The number of sulfone groups is 1. The molecule has 0 unspecified atom stereocenters. The number of benzene rings is 1. The van der Waals surface area contributed by atoms with Crippen LogP contribution in [0.15, 0.2) is 41.3 Å². The molecule has 0 aliphatic heterocycles. The fourth-order valence-corrected chi connectivity index (χ4v) is 3.02. The zero-order chi connectivity index (χ0) is 15.5. The van der Waals surface area contributed by atoms with E-state index in [2.05, 4.69) is 10.3 Å². The van der Waals surface area contributed by atoms with Gasteiger partial charge in [0.2, 0.25) is 0 Å². The van der Waals surface area contributed by atoms with Crippen LogP contribution in [0.5, 0.6) is 5.75 Å². The van der Waals surface area contributed by atoms with Gasteiger partial charge in [0, 0.05) is 5.69 Å². The Kier molecular flexibility index (Phi) is 4.47. The first kappa shape index (κ1) is 15.3. The number of rotatable bonds is 5. The number of aromatic nitrogens is 1. The Balaban J connectivity index is 2.27. The third kappa shape index (κ3) is 3.52. The van der Waals surface area contributed by atoms with Gasteiger partial charge in [-0.1, -0.05) is 19.1 Å². The molecule has 0 fully saturated rings. The Labute approximate surface area is 124 Å². The molecule has 0 amide bonds. The van der Waals surface area contributed by atoms with Gasteiger partial charge in [-0.3, -0.25) is 4.98 Å². The van der Waals surface area contributed by atoms with E-state index in [1.54, 1.807) is 43.3 Å². The van der Waals surface area contributed by atoms with Crippen molar-refractivity contribution < 1.29 is 13.5 Å². The third-order valence-electron chi connectivity index (χ3n) is 3.14. The Hall–Kier alpha value is -2.08. The second kappa shape index (κ2) is 6.13. The number of nitrogens with one attached hydrogen (secondary N) is 1. The van der Waals surface area contributed by atoms with E-state index >= 15 is 0 Å². The Morgan fingerprint density at radius 3 is 2.62 bits per heavy atom. The molecule has 0 radical (unpaired) electrons. The summed E-state index contributed by atoms with van der Waals surface area (Å²) in [5, 5.41) is 12.8. The fraction of sp³-hybridized carbons (Fsp3) is 0.267. The summed E-state index contributed by atoms with van der Waals surface area (Å²) >= 11 is 0. The number of nitrogens with zero attached hydrogens (tertiary/aromatic N) is 1. The zero-order valence-corrected chi connectivity index (χ0v) is 12.8. The number of para-hydroxylation sites is 1. The van der Waals surface area contributed by atoms with Crippen molar-refractivity contribution in [3.8, 4) is 5.75 Å². The van der Waals surface area contributed by atoms with Crippen LogP contribution in [0.2, 0.25) is 0 Å². The highest BCUT2D eigenvalue weighted by Crippen LogP contribution is 2.23. The van der Waals surface area contributed by atoms with Crippen molar-refractivity contribution in [2.75, 3.05) is 11.1 Å². The zero-order valence-electron chi connectivity index (χ0n) is 12.0. The largest absolute Gasteiger partial charge is 0.506 e. The molecule has 0 atom stereocenters. The van der Waals surface area contributed by atoms with Crippen LogP contribution < -0.4 is 5.32 Å². The van der Waals surface area contributed by atoms with E-state index in [9.17, 15) is 13.5 Å². The van der Waals surface area contributed by atoms with Gasteiger partial charge in [0.15, 0.2) is 9.84 Å². The summed E-state index contributed by atoms with van der Waals surface area (Å²) in [6.45, 7) is 3.70. The molecule has 0 bridgehead atoms. The molecular weight excluding hydrogens is 288 g/mol. The molecule has 0 spiro atoms.